The van der Waals surface area contributed by atoms with Gasteiger partial charge in [0.15, 0.2) is 0 Å². The van der Waals surface area contributed by atoms with Crippen LogP contribution < -0.4 is 0 Å². The minimum atomic E-state index is 0.263. The van der Waals surface area contributed by atoms with Crippen LogP contribution in [-0.2, 0) is 0 Å². The number of nitrogens with zero attached hydrogens (tertiary/aromatic N) is 1. The summed E-state index contributed by atoms with van der Waals surface area (Å²) in [5, 5.41) is 11.6. The first-order chi connectivity index (χ1) is 8.27. The van der Waals surface area contributed by atoms with Gasteiger partial charge >= 0.3 is 0 Å². The predicted octanol–water partition coefficient (Wildman–Crippen LogP) is 3.69. The van der Waals surface area contributed by atoms with Crippen LogP contribution in [0.15, 0.2) is 24.3 Å². The molecule has 0 amide bonds. The molecule has 1 aliphatic heterocycles. The summed E-state index contributed by atoms with van der Waals surface area (Å²) in [4.78, 5) is 0. The summed E-state index contributed by atoms with van der Waals surface area (Å²) in [5.41, 5.74) is 2.56. The van der Waals surface area contributed by atoms with E-state index in [-0.39, 0.29) is 6.04 Å². The summed E-state index contributed by atoms with van der Waals surface area (Å²) < 4.78 is 0. The lowest BCUT2D eigenvalue weighted by molar-refractivity contribution is -0.00503. The second kappa shape index (κ2) is 4.43. The minimum Gasteiger partial charge on any atom is -0.313 e. The van der Waals surface area contributed by atoms with Crippen molar-refractivity contribution in [2.24, 2.45) is 5.92 Å². The fourth-order valence-corrected chi connectivity index (χ4v) is 3.30. The van der Waals surface area contributed by atoms with E-state index in [1.54, 1.807) is 5.06 Å². The van der Waals surface area contributed by atoms with Gasteiger partial charge in [-0.05, 0) is 31.2 Å². The van der Waals surface area contributed by atoms with Crippen LogP contribution in [0, 0.1) is 12.8 Å². The molecular formula is C15H21NO. The summed E-state index contributed by atoms with van der Waals surface area (Å²) in [6.07, 6.45) is 6.66. The van der Waals surface area contributed by atoms with Crippen LogP contribution in [0.2, 0.25) is 0 Å². The molecule has 2 nitrogen and oxygen atoms in total. The second-order valence-electron chi connectivity index (χ2n) is 5.62. The van der Waals surface area contributed by atoms with Crippen LogP contribution in [0.5, 0.6) is 0 Å². The molecular weight excluding hydrogens is 210 g/mol. The van der Waals surface area contributed by atoms with Gasteiger partial charge in [-0.15, -0.1) is 0 Å². The first kappa shape index (κ1) is 11.2. The maximum atomic E-state index is 9.99. The standard InChI is InChI=1S/C15H21NO/c1-11-7-9-13(10-8-11)15-14(16(15)17)12-5-3-2-4-6-12/h7-10,12,14-15,17H,2-6H2,1H3. The third kappa shape index (κ3) is 2.12. The van der Waals surface area contributed by atoms with Gasteiger partial charge in [-0.3, -0.25) is 0 Å². The molecule has 1 aromatic rings. The van der Waals surface area contributed by atoms with Gasteiger partial charge < -0.3 is 5.21 Å². The van der Waals surface area contributed by atoms with E-state index < -0.39 is 0 Å². The summed E-state index contributed by atoms with van der Waals surface area (Å²) in [5.74, 6) is 0.708. The zero-order valence-corrected chi connectivity index (χ0v) is 10.5. The van der Waals surface area contributed by atoms with E-state index in [1.165, 1.54) is 43.2 Å². The Balaban J connectivity index is 1.71. The Morgan fingerprint density at radius 2 is 1.71 bits per heavy atom. The smallest absolute Gasteiger partial charge is 0.0785 e. The average molecular weight is 231 g/mol. The number of aryl methyl sites for hydroxylation is 1. The number of hydrogen-bond donors (Lipinski definition) is 1. The maximum Gasteiger partial charge on any atom is 0.0785 e. The summed E-state index contributed by atoms with van der Waals surface area (Å²) in [6.45, 7) is 2.10. The van der Waals surface area contributed by atoms with Crippen LogP contribution in [-0.4, -0.2) is 16.3 Å². The van der Waals surface area contributed by atoms with Gasteiger partial charge in [0.05, 0.1) is 12.1 Å². The predicted molar refractivity (Wildman–Crippen MR) is 67.9 cm³/mol. The van der Waals surface area contributed by atoms with Gasteiger partial charge in [0.25, 0.3) is 0 Å². The first-order valence-electron chi connectivity index (χ1n) is 6.81. The second-order valence-corrected chi connectivity index (χ2v) is 5.62. The van der Waals surface area contributed by atoms with Crippen molar-refractivity contribution in [2.75, 3.05) is 0 Å². The van der Waals surface area contributed by atoms with Crippen LogP contribution in [0.3, 0.4) is 0 Å². The van der Waals surface area contributed by atoms with Crippen molar-refractivity contribution in [3.05, 3.63) is 35.4 Å². The first-order valence-corrected chi connectivity index (χ1v) is 6.81. The Morgan fingerprint density at radius 3 is 2.35 bits per heavy atom. The Hall–Kier alpha value is -0.860. The Kier molecular flexibility index (Phi) is 2.93. The van der Waals surface area contributed by atoms with Gasteiger partial charge in [0.2, 0.25) is 0 Å². The van der Waals surface area contributed by atoms with Gasteiger partial charge in [0, 0.05) is 0 Å². The van der Waals surface area contributed by atoms with Crippen LogP contribution >= 0.6 is 0 Å². The van der Waals surface area contributed by atoms with Crippen LogP contribution in [0.4, 0.5) is 0 Å². The van der Waals surface area contributed by atoms with E-state index in [0.29, 0.717) is 12.0 Å². The SMILES string of the molecule is Cc1ccc(C2C(C3CCCCC3)N2O)cc1. The van der Waals surface area contributed by atoms with E-state index in [1.807, 2.05) is 0 Å². The highest BCUT2D eigenvalue weighted by Crippen LogP contribution is 2.49. The normalized spacial score (nSPS) is 33.6. The van der Waals surface area contributed by atoms with Crippen molar-refractivity contribution < 1.29 is 5.21 Å². The zero-order valence-electron chi connectivity index (χ0n) is 10.5. The molecule has 0 radical (unpaired) electrons. The highest BCUT2D eigenvalue weighted by molar-refractivity contribution is 5.29. The van der Waals surface area contributed by atoms with Crippen molar-refractivity contribution in [3.63, 3.8) is 0 Å². The van der Waals surface area contributed by atoms with Crippen molar-refractivity contribution in [1.82, 2.24) is 5.06 Å². The molecule has 0 aromatic heterocycles. The lowest BCUT2D eigenvalue weighted by atomic mass is 9.85. The molecule has 3 rings (SSSR count). The van der Waals surface area contributed by atoms with Gasteiger partial charge in [-0.1, -0.05) is 49.1 Å². The molecule has 1 saturated heterocycles. The van der Waals surface area contributed by atoms with Crippen LogP contribution in [0.25, 0.3) is 0 Å². The van der Waals surface area contributed by atoms with E-state index >= 15 is 0 Å². The van der Waals surface area contributed by atoms with Gasteiger partial charge in [-0.25, -0.2) is 0 Å². The Labute approximate surface area is 103 Å². The molecule has 1 saturated carbocycles. The molecule has 2 fully saturated rings. The molecule has 3 atom stereocenters. The van der Waals surface area contributed by atoms with Gasteiger partial charge in [0.1, 0.15) is 0 Å². The molecule has 1 aliphatic carbocycles. The maximum absolute atomic E-state index is 9.99. The molecule has 2 aliphatic rings. The Morgan fingerprint density at radius 1 is 1.06 bits per heavy atom. The lowest BCUT2D eigenvalue weighted by Crippen LogP contribution is -2.15. The summed E-state index contributed by atoms with van der Waals surface area (Å²) in [7, 11) is 0. The molecule has 1 aromatic carbocycles. The number of rotatable bonds is 2. The van der Waals surface area contributed by atoms with Crippen molar-refractivity contribution in [2.45, 2.75) is 51.1 Å². The average Bonchev–Trinajstić information content (AvgIpc) is 3.03. The molecule has 92 valence electrons. The molecule has 0 spiro atoms. The number of hydroxylamine groups is 2. The minimum absolute atomic E-state index is 0.263. The quantitative estimate of drug-likeness (QED) is 0.785. The summed E-state index contributed by atoms with van der Waals surface area (Å²) in [6, 6.07) is 9.24. The van der Waals surface area contributed by atoms with E-state index in [9.17, 15) is 5.21 Å². The third-order valence-corrected chi connectivity index (χ3v) is 4.38. The van der Waals surface area contributed by atoms with Gasteiger partial charge in [-0.2, -0.15) is 5.06 Å². The number of hydrogen-bond acceptors (Lipinski definition) is 2. The highest BCUT2D eigenvalue weighted by atomic mass is 16.5. The molecule has 2 heteroatoms. The fraction of sp³-hybridized carbons (Fsp3) is 0.600. The molecule has 3 unspecified atom stereocenters. The van der Waals surface area contributed by atoms with Crippen molar-refractivity contribution in [1.29, 1.82) is 0 Å². The zero-order chi connectivity index (χ0) is 11.8. The molecule has 1 heterocycles. The summed E-state index contributed by atoms with van der Waals surface area (Å²) >= 11 is 0. The van der Waals surface area contributed by atoms with Crippen molar-refractivity contribution >= 4 is 0 Å². The van der Waals surface area contributed by atoms with Crippen molar-refractivity contribution in [3.8, 4) is 0 Å². The molecule has 17 heavy (non-hydrogen) atoms. The highest BCUT2D eigenvalue weighted by Gasteiger charge is 2.52. The van der Waals surface area contributed by atoms with E-state index in [2.05, 4.69) is 31.2 Å². The molecule has 1 N–H and O–H groups in total. The fourth-order valence-electron chi connectivity index (χ4n) is 3.30. The monoisotopic (exact) mass is 231 g/mol. The lowest BCUT2D eigenvalue weighted by Gasteiger charge is -2.20. The van der Waals surface area contributed by atoms with E-state index in [0.717, 1.165) is 0 Å². The van der Waals surface area contributed by atoms with E-state index in [4.69, 9.17) is 0 Å². The topological polar surface area (TPSA) is 23.2 Å². The number of benzene rings is 1. The molecule has 0 bridgehead atoms. The largest absolute Gasteiger partial charge is 0.313 e. The third-order valence-electron chi connectivity index (χ3n) is 4.38. The Bertz CT molecular complexity index is 380. The van der Waals surface area contributed by atoms with Crippen LogP contribution in [0.1, 0.15) is 49.3 Å².